The lowest BCUT2D eigenvalue weighted by atomic mass is 10.0. The third-order valence-corrected chi connectivity index (χ3v) is 12.8. The number of carbonyl (C=O) groups is 9. The maximum atomic E-state index is 14.6. The predicted octanol–water partition coefficient (Wildman–Crippen LogP) is -2.70. The smallest absolute Gasteiger partial charge is 0.243 e. The number of benzene rings is 2. The number of guanidine groups is 2. The second-order valence-corrected chi connectivity index (χ2v) is 18.9. The number of para-hydroxylation sites is 1. The van der Waals surface area contributed by atoms with Crippen LogP contribution in [0.1, 0.15) is 75.8 Å². The molecule has 1 aromatic heterocycles. The topological polar surface area (TPSA) is 446 Å². The Balaban J connectivity index is 1.78. The average molecular weight is 1100 g/mol. The molecule has 2 aromatic carbocycles. The number of nitrogens with two attached hydrogens (primary N) is 6. The summed E-state index contributed by atoms with van der Waals surface area (Å²) in [6.07, 6.45) is 0.804. The number of carbonyl (C=O) groups excluding carboxylic acids is 9. The van der Waals surface area contributed by atoms with E-state index in [0.29, 0.717) is 11.1 Å². The van der Waals surface area contributed by atoms with Gasteiger partial charge in [-0.2, -0.15) is 0 Å². The van der Waals surface area contributed by atoms with Crippen molar-refractivity contribution in [1.82, 2.24) is 47.5 Å². The molecule has 0 aliphatic carbocycles. The molecule has 0 unspecified atom stereocenters. The number of aliphatic imine (C=N–C) groups is 2. The van der Waals surface area contributed by atoms with Gasteiger partial charge in [0, 0.05) is 62.9 Å². The maximum Gasteiger partial charge on any atom is 0.243 e. The normalized spacial score (nSPS) is 21.0. The van der Waals surface area contributed by atoms with Crippen molar-refractivity contribution in [2.75, 3.05) is 26.2 Å². The Kier molecular flexibility index (Phi) is 24.5. The van der Waals surface area contributed by atoms with E-state index in [1.165, 1.54) is 19.1 Å². The summed E-state index contributed by atoms with van der Waals surface area (Å²) >= 11 is 12.6. The Labute approximate surface area is 448 Å². The Morgan fingerprint density at radius 2 is 1.33 bits per heavy atom. The van der Waals surface area contributed by atoms with E-state index in [2.05, 4.69) is 57.5 Å². The number of aromatic amines is 1. The van der Waals surface area contributed by atoms with Crippen LogP contribution < -0.4 is 76.9 Å². The van der Waals surface area contributed by atoms with Gasteiger partial charge in [-0.25, -0.2) is 0 Å². The Morgan fingerprint density at radius 3 is 1.97 bits per heavy atom. The molecule has 1 aliphatic heterocycles. The van der Waals surface area contributed by atoms with Crippen molar-refractivity contribution in [3.05, 3.63) is 69.8 Å². The van der Waals surface area contributed by atoms with E-state index in [-0.39, 0.29) is 119 Å². The van der Waals surface area contributed by atoms with Gasteiger partial charge in [0.1, 0.15) is 42.3 Å². The highest BCUT2D eigenvalue weighted by Crippen LogP contribution is 2.24. The summed E-state index contributed by atoms with van der Waals surface area (Å²) in [6, 6.07) is 2.05. The maximum absolute atomic E-state index is 14.6. The van der Waals surface area contributed by atoms with Crippen molar-refractivity contribution in [3.8, 4) is 0 Å². The zero-order valence-electron chi connectivity index (χ0n) is 42.1. The molecule has 28 heteroatoms. The number of aromatic nitrogens is 1. The van der Waals surface area contributed by atoms with Crippen LogP contribution in [0.15, 0.2) is 58.6 Å². The van der Waals surface area contributed by atoms with Gasteiger partial charge in [0.2, 0.25) is 53.2 Å². The first kappa shape index (κ1) is 60.8. The molecule has 0 radical (unpaired) electrons. The van der Waals surface area contributed by atoms with Crippen LogP contribution in [0.25, 0.3) is 10.9 Å². The Morgan fingerprint density at radius 1 is 0.724 bits per heavy atom. The van der Waals surface area contributed by atoms with E-state index in [4.69, 9.17) is 57.6 Å². The summed E-state index contributed by atoms with van der Waals surface area (Å²) in [6.45, 7) is 1.14. The number of nitrogens with zero attached hydrogens (tertiary/aromatic N) is 2. The number of amides is 9. The van der Waals surface area contributed by atoms with Crippen LogP contribution in [0.2, 0.25) is 10.0 Å². The van der Waals surface area contributed by atoms with Gasteiger partial charge in [0.25, 0.3) is 0 Å². The first-order valence-electron chi connectivity index (χ1n) is 24.6. The van der Waals surface area contributed by atoms with E-state index in [0.717, 1.165) is 10.9 Å². The van der Waals surface area contributed by atoms with Crippen LogP contribution in [0, 0.1) is 0 Å². The van der Waals surface area contributed by atoms with Crippen molar-refractivity contribution in [1.29, 1.82) is 0 Å². The molecular formula is C48H69Cl2N17O9. The molecule has 21 N–H and O–H groups in total. The Hall–Kier alpha value is -7.71. The van der Waals surface area contributed by atoms with Crippen LogP contribution in [0.5, 0.6) is 0 Å². The molecule has 1 fully saturated rings. The number of primary amides is 1. The van der Waals surface area contributed by atoms with Gasteiger partial charge in [-0.05, 0) is 87.2 Å². The molecule has 26 nitrogen and oxygen atoms in total. The number of halogens is 2. The first-order valence-corrected chi connectivity index (χ1v) is 25.4. The number of H-pyrrole nitrogens is 1. The zero-order chi connectivity index (χ0) is 55.9. The fourth-order valence-electron chi connectivity index (χ4n) is 8.15. The molecule has 0 bridgehead atoms. The molecule has 414 valence electrons. The van der Waals surface area contributed by atoms with E-state index in [9.17, 15) is 43.2 Å². The molecule has 0 saturated carbocycles. The fourth-order valence-corrected chi connectivity index (χ4v) is 8.47. The van der Waals surface area contributed by atoms with Crippen LogP contribution in [0.4, 0.5) is 0 Å². The third kappa shape index (κ3) is 20.2. The number of nitrogens with one attached hydrogen (secondary N) is 9. The van der Waals surface area contributed by atoms with Gasteiger partial charge in [0.15, 0.2) is 11.9 Å². The second kappa shape index (κ2) is 30.6. The summed E-state index contributed by atoms with van der Waals surface area (Å²) in [5.74, 6) is -7.66. The lowest BCUT2D eigenvalue weighted by Crippen LogP contribution is -2.60. The second-order valence-electron chi connectivity index (χ2n) is 18.0. The molecule has 1 saturated heterocycles. The minimum absolute atomic E-state index is 0.0268. The van der Waals surface area contributed by atoms with Crippen LogP contribution in [0.3, 0.4) is 0 Å². The van der Waals surface area contributed by atoms with E-state index in [1.807, 2.05) is 18.2 Å². The molecule has 4 rings (SSSR count). The fraction of sp³-hybridized carbons (Fsp3) is 0.479. The molecule has 9 amide bonds. The minimum atomic E-state index is -1.50. The summed E-state index contributed by atoms with van der Waals surface area (Å²) in [5.41, 5.74) is 35.5. The molecular weight excluding hydrogens is 1030 g/mol. The van der Waals surface area contributed by atoms with Crippen molar-refractivity contribution < 1.29 is 43.2 Å². The lowest BCUT2D eigenvalue weighted by molar-refractivity contribution is -0.136. The van der Waals surface area contributed by atoms with Crippen LogP contribution >= 0.6 is 23.2 Å². The van der Waals surface area contributed by atoms with Gasteiger partial charge in [-0.3, -0.25) is 53.1 Å². The quantitative estimate of drug-likeness (QED) is 0.0351. The predicted molar refractivity (Wildman–Crippen MR) is 286 cm³/mol. The van der Waals surface area contributed by atoms with Crippen LogP contribution in [-0.4, -0.2) is 139 Å². The molecule has 76 heavy (non-hydrogen) atoms. The number of hydrogen-bond donors (Lipinski definition) is 15. The largest absolute Gasteiger partial charge is 0.370 e. The summed E-state index contributed by atoms with van der Waals surface area (Å²) in [4.78, 5) is 135. The van der Waals surface area contributed by atoms with Gasteiger partial charge >= 0.3 is 0 Å². The molecule has 2 heterocycles. The van der Waals surface area contributed by atoms with Gasteiger partial charge in [-0.1, -0.05) is 47.5 Å². The standard InChI is InChI=1S/C48H69Cl2N17O9/c1-25(68)61-33(10-5-19-58-47(53)54)41(71)64-35-14-15-39(69)57-18-4-9-32(40(52)70)62-46(76)38(23-27-24-60-31-8-3-2-7-28(27)31)67-42(72)34(11-6-20-59-48(55)56)63-45(75)37(22-26-12-13-29(49)30(50)21-26)66-44(74)36(16-17-51)65-43(35)73/h2-3,7-8,12-13,21,24,32-38,60H,4-6,9-11,14-20,22-23,51H2,1H3,(H2,52,70)(H,57,69)(H,61,68)(H,62,76)(H,63,75)(H,64,71)(H,65,73)(H,66,74)(H,67,72)(H4,53,54,58)(H4,55,56,59)/t32-,33-,34-,35-,36-,37+,38-/m0/s1. The van der Waals surface area contributed by atoms with Crippen molar-refractivity contribution in [3.63, 3.8) is 0 Å². The van der Waals surface area contributed by atoms with Gasteiger partial charge < -0.3 is 81.9 Å². The summed E-state index contributed by atoms with van der Waals surface area (Å²) < 4.78 is 0. The summed E-state index contributed by atoms with van der Waals surface area (Å²) in [5, 5.41) is 22.2. The van der Waals surface area contributed by atoms with E-state index in [1.54, 1.807) is 18.3 Å². The molecule has 0 spiro atoms. The van der Waals surface area contributed by atoms with Crippen molar-refractivity contribution in [2.24, 2.45) is 44.4 Å². The highest BCUT2D eigenvalue weighted by atomic mass is 35.5. The van der Waals surface area contributed by atoms with E-state index >= 15 is 0 Å². The van der Waals surface area contributed by atoms with Gasteiger partial charge in [-0.15, -0.1) is 0 Å². The number of hydrogen-bond acceptors (Lipinski definition) is 12. The third-order valence-electron chi connectivity index (χ3n) is 12.0. The average Bonchev–Trinajstić information content (AvgIpc) is 3.77. The highest BCUT2D eigenvalue weighted by molar-refractivity contribution is 6.42. The molecule has 3 aromatic rings. The van der Waals surface area contributed by atoms with E-state index < -0.39 is 95.5 Å². The SMILES string of the molecule is CC(=O)N[C@@H](CCCN=C(N)N)C(=O)N[C@H]1CCC(=O)NCCC[C@@H](C(N)=O)NC(=O)[C@H](Cc2c[nH]c3ccccc23)NC(=O)[C@H](CCCN=C(N)N)NC(=O)[C@@H](Cc2ccc(Cl)c(Cl)c2)NC(=O)[C@H](CCN)NC1=O. The monoisotopic (exact) mass is 1100 g/mol. The van der Waals surface area contributed by atoms with Crippen molar-refractivity contribution in [2.45, 2.75) is 120 Å². The highest BCUT2D eigenvalue weighted by Gasteiger charge is 2.35. The molecule has 7 atom stereocenters. The Bertz CT molecular complexity index is 2610. The first-order chi connectivity index (χ1) is 36.1. The van der Waals surface area contributed by atoms with Gasteiger partial charge in [0.05, 0.1) is 10.0 Å². The number of rotatable bonds is 18. The lowest BCUT2D eigenvalue weighted by Gasteiger charge is -2.28. The zero-order valence-corrected chi connectivity index (χ0v) is 43.6. The minimum Gasteiger partial charge on any atom is -0.370 e. The summed E-state index contributed by atoms with van der Waals surface area (Å²) in [7, 11) is 0. The molecule has 1 aliphatic rings. The van der Waals surface area contributed by atoms with Crippen LogP contribution in [-0.2, 0) is 56.0 Å². The number of fused-ring (bicyclic) bond motifs is 1. The van der Waals surface area contributed by atoms with Crippen molar-refractivity contribution >= 4 is 99.2 Å².